The largest absolute Gasteiger partial charge is 0.496 e. The van der Waals surface area contributed by atoms with E-state index in [1.165, 1.54) is 0 Å². The summed E-state index contributed by atoms with van der Waals surface area (Å²) in [5.74, 6) is 0.469. The van der Waals surface area contributed by atoms with Crippen LogP contribution >= 0.6 is 0 Å². The van der Waals surface area contributed by atoms with E-state index in [1.54, 1.807) is 7.11 Å². The van der Waals surface area contributed by atoms with Gasteiger partial charge in [0.25, 0.3) is 0 Å². The summed E-state index contributed by atoms with van der Waals surface area (Å²) in [6.45, 7) is 4.68. The number of hydrogen-bond donors (Lipinski definition) is 1. The van der Waals surface area contributed by atoms with E-state index >= 15 is 0 Å². The Balaban J connectivity index is 2.26. The average Bonchev–Trinajstić information content (AvgIpc) is 2.45. The van der Waals surface area contributed by atoms with Gasteiger partial charge in [-0.15, -0.1) is 0 Å². The van der Waals surface area contributed by atoms with Crippen molar-refractivity contribution in [3.8, 4) is 5.75 Å². The molecule has 1 fully saturated rings. The molecule has 1 aromatic carbocycles. The van der Waals surface area contributed by atoms with Crippen LogP contribution in [0.1, 0.15) is 38.4 Å². The smallest absolute Gasteiger partial charge is 0.163 e. The Labute approximate surface area is 120 Å². The molecule has 2 atom stereocenters. The first-order valence-corrected chi connectivity index (χ1v) is 7.13. The molecule has 0 unspecified atom stereocenters. The zero-order valence-electron chi connectivity index (χ0n) is 12.5. The number of ether oxygens (including phenoxy) is 3. The molecule has 112 valence electrons. The summed E-state index contributed by atoms with van der Waals surface area (Å²) in [7, 11) is 1.67. The highest BCUT2D eigenvalue weighted by molar-refractivity contribution is 5.35. The maximum Gasteiger partial charge on any atom is 0.163 e. The van der Waals surface area contributed by atoms with Gasteiger partial charge in [-0.25, -0.2) is 0 Å². The highest BCUT2D eigenvalue weighted by Gasteiger charge is 2.38. The molecule has 0 radical (unpaired) electrons. The van der Waals surface area contributed by atoms with Crippen LogP contribution < -0.4 is 4.74 Å². The maximum absolute atomic E-state index is 9.05. The predicted octanol–water partition coefficient (Wildman–Crippen LogP) is 2.91. The molecule has 0 saturated carbocycles. The second-order valence-corrected chi connectivity index (χ2v) is 5.62. The van der Waals surface area contributed by atoms with E-state index in [1.807, 2.05) is 38.1 Å². The summed E-state index contributed by atoms with van der Waals surface area (Å²) in [6.07, 6.45) is 1.56. The van der Waals surface area contributed by atoms with Gasteiger partial charge in [-0.2, -0.15) is 0 Å². The molecular formula is C16H24O4. The molecular weight excluding hydrogens is 256 g/mol. The van der Waals surface area contributed by atoms with Crippen LogP contribution in [0, 0.1) is 5.92 Å². The number of benzene rings is 1. The Kier molecular flexibility index (Phi) is 5.02. The van der Waals surface area contributed by atoms with Crippen molar-refractivity contribution in [3.05, 3.63) is 29.8 Å². The van der Waals surface area contributed by atoms with Crippen LogP contribution in [0.15, 0.2) is 24.3 Å². The predicted molar refractivity (Wildman–Crippen MR) is 76.7 cm³/mol. The van der Waals surface area contributed by atoms with E-state index < -0.39 is 5.79 Å². The fourth-order valence-electron chi connectivity index (χ4n) is 2.64. The molecule has 1 N–H and O–H groups in total. The fraction of sp³-hybridized carbons (Fsp3) is 0.625. The fourth-order valence-corrected chi connectivity index (χ4v) is 2.64. The summed E-state index contributed by atoms with van der Waals surface area (Å²) in [5.41, 5.74) is 1.05. The van der Waals surface area contributed by atoms with Crippen molar-refractivity contribution in [2.45, 2.75) is 38.6 Å². The van der Waals surface area contributed by atoms with Crippen LogP contribution in [-0.4, -0.2) is 31.2 Å². The molecule has 4 nitrogen and oxygen atoms in total. The summed E-state index contributed by atoms with van der Waals surface area (Å²) in [4.78, 5) is 0. The monoisotopic (exact) mass is 280 g/mol. The van der Waals surface area contributed by atoms with Crippen molar-refractivity contribution < 1.29 is 19.3 Å². The highest BCUT2D eigenvalue weighted by Crippen LogP contribution is 2.41. The number of para-hydroxylation sites is 1. The van der Waals surface area contributed by atoms with E-state index in [9.17, 15) is 0 Å². The van der Waals surface area contributed by atoms with E-state index in [2.05, 4.69) is 0 Å². The maximum atomic E-state index is 9.05. The molecule has 0 aliphatic carbocycles. The van der Waals surface area contributed by atoms with Gasteiger partial charge < -0.3 is 19.3 Å². The van der Waals surface area contributed by atoms with Crippen LogP contribution in [0.3, 0.4) is 0 Å². The van der Waals surface area contributed by atoms with Crippen LogP contribution in [-0.2, 0) is 9.47 Å². The van der Waals surface area contributed by atoms with Crippen molar-refractivity contribution >= 4 is 0 Å². The Hall–Kier alpha value is -1.10. The van der Waals surface area contributed by atoms with Gasteiger partial charge in [-0.3, -0.25) is 0 Å². The quantitative estimate of drug-likeness (QED) is 0.901. The van der Waals surface area contributed by atoms with Gasteiger partial charge in [0.2, 0.25) is 0 Å². The van der Waals surface area contributed by atoms with Crippen LogP contribution in [0.5, 0.6) is 5.75 Å². The first kappa shape index (κ1) is 15.3. The number of methoxy groups -OCH3 is 1. The number of aliphatic hydroxyl groups excluding tert-OH is 1. The summed E-state index contributed by atoms with van der Waals surface area (Å²) in [5, 5.41) is 9.05. The highest BCUT2D eigenvalue weighted by atomic mass is 16.7. The van der Waals surface area contributed by atoms with Crippen molar-refractivity contribution in [2.75, 3.05) is 20.3 Å². The van der Waals surface area contributed by atoms with E-state index in [0.29, 0.717) is 6.61 Å². The minimum absolute atomic E-state index is 0.0681. The first-order valence-electron chi connectivity index (χ1n) is 7.13. The molecule has 4 heteroatoms. The molecule has 0 spiro atoms. The van der Waals surface area contributed by atoms with Gasteiger partial charge >= 0.3 is 0 Å². The molecule has 1 aliphatic rings. The lowest BCUT2D eigenvalue weighted by molar-refractivity contribution is -0.297. The standard InChI is InChI=1S/C16H24O4/c1-16(2)19-11-12(7-6-10-17)15(20-16)13-8-4-5-9-14(13)18-3/h4-5,8-9,12,15,17H,6-7,10-11H2,1-3H3/t12-,15+/m1/s1. The molecule has 1 saturated heterocycles. The molecule has 0 amide bonds. The molecule has 1 aromatic rings. The summed E-state index contributed by atoms with van der Waals surface area (Å²) < 4.78 is 17.3. The molecule has 0 aromatic heterocycles. The zero-order valence-corrected chi connectivity index (χ0v) is 12.5. The normalized spacial score (nSPS) is 25.4. The van der Waals surface area contributed by atoms with Crippen LogP contribution in [0.25, 0.3) is 0 Å². The minimum atomic E-state index is -0.596. The summed E-state index contributed by atoms with van der Waals surface area (Å²) >= 11 is 0. The molecule has 20 heavy (non-hydrogen) atoms. The second-order valence-electron chi connectivity index (χ2n) is 5.62. The molecule has 2 rings (SSSR count). The molecule has 0 bridgehead atoms. The SMILES string of the molecule is COc1ccccc1[C@H]1OC(C)(C)OC[C@H]1CCCO. The molecule has 1 aliphatic heterocycles. The van der Waals surface area contributed by atoms with E-state index in [-0.39, 0.29) is 18.6 Å². The van der Waals surface area contributed by atoms with Gasteiger partial charge in [0.05, 0.1) is 19.8 Å². The summed E-state index contributed by atoms with van der Waals surface area (Å²) in [6, 6.07) is 7.93. The zero-order chi connectivity index (χ0) is 14.6. The average molecular weight is 280 g/mol. The Morgan fingerprint density at radius 2 is 2.10 bits per heavy atom. The number of hydrogen-bond acceptors (Lipinski definition) is 4. The van der Waals surface area contributed by atoms with Crippen molar-refractivity contribution in [1.82, 2.24) is 0 Å². The Morgan fingerprint density at radius 1 is 1.35 bits per heavy atom. The lowest BCUT2D eigenvalue weighted by Crippen LogP contribution is -2.41. The first-order chi connectivity index (χ1) is 9.57. The van der Waals surface area contributed by atoms with Gasteiger partial charge in [0, 0.05) is 18.1 Å². The minimum Gasteiger partial charge on any atom is -0.496 e. The van der Waals surface area contributed by atoms with Gasteiger partial charge in [0.15, 0.2) is 5.79 Å². The molecule has 1 heterocycles. The van der Waals surface area contributed by atoms with Crippen LogP contribution in [0.4, 0.5) is 0 Å². The Morgan fingerprint density at radius 3 is 2.80 bits per heavy atom. The van der Waals surface area contributed by atoms with E-state index in [4.69, 9.17) is 19.3 Å². The topological polar surface area (TPSA) is 47.9 Å². The van der Waals surface area contributed by atoms with E-state index in [0.717, 1.165) is 24.2 Å². The van der Waals surface area contributed by atoms with Crippen molar-refractivity contribution in [2.24, 2.45) is 5.92 Å². The van der Waals surface area contributed by atoms with Gasteiger partial charge in [-0.1, -0.05) is 18.2 Å². The lowest BCUT2D eigenvalue weighted by atomic mass is 9.90. The Bertz CT molecular complexity index is 430. The third kappa shape index (κ3) is 3.51. The number of aliphatic hydroxyl groups is 1. The van der Waals surface area contributed by atoms with Gasteiger partial charge in [0.1, 0.15) is 5.75 Å². The lowest BCUT2D eigenvalue weighted by Gasteiger charge is -2.41. The van der Waals surface area contributed by atoms with Crippen molar-refractivity contribution in [1.29, 1.82) is 0 Å². The third-order valence-electron chi connectivity index (χ3n) is 3.66. The third-order valence-corrected chi connectivity index (χ3v) is 3.66. The van der Waals surface area contributed by atoms with Crippen molar-refractivity contribution in [3.63, 3.8) is 0 Å². The van der Waals surface area contributed by atoms with Crippen LogP contribution in [0.2, 0.25) is 0 Å². The van der Waals surface area contributed by atoms with Gasteiger partial charge in [-0.05, 0) is 32.8 Å². The second kappa shape index (κ2) is 6.57. The number of rotatable bonds is 5.